The maximum atomic E-state index is 11.7. The molecule has 1 aromatic rings. The third kappa shape index (κ3) is 2.95. The largest absolute Gasteiger partial charge is 0.398 e. The highest BCUT2D eigenvalue weighted by Crippen LogP contribution is 2.15. The van der Waals surface area contributed by atoms with Gasteiger partial charge in [-0.3, -0.25) is 4.79 Å². The van der Waals surface area contributed by atoms with E-state index in [1.807, 2.05) is 0 Å². The van der Waals surface area contributed by atoms with E-state index in [4.69, 9.17) is 15.9 Å². The fraction of sp³-hybridized carbons (Fsp3) is 0.364. The van der Waals surface area contributed by atoms with Gasteiger partial charge in [0.1, 0.15) is 0 Å². The van der Waals surface area contributed by atoms with Crippen molar-refractivity contribution >= 4 is 11.6 Å². The van der Waals surface area contributed by atoms with Crippen molar-refractivity contribution in [3.05, 3.63) is 29.3 Å². The summed E-state index contributed by atoms with van der Waals surface area (Å²) in [5.74, 6) is -0.344. The molecule has 5 heteroatoms. The number of nitrogens with one attached hydrogen (secondary N) is 1. The third-order valence-corrected chi connectivity index (χ3v) is 2.24. The molecule has 0 radical (unpaired) electrons. The van der Waals surface area contributed by atoms with Crippen LogP contribution in [0, 0.1) is 6.92 Å². The first kappa shape index (κ1) is 12.5. The fourth-order valence-electron chi connectivity index (χ4n) is 1.36. The van der Waals surface area contributed by atoms with Crippen LogP contribution in [0.2, 0.25) is 0 Å². The maximum Gasteiger partial charge on any atom is 0.253 e. The van der Waals surface area contributed by atoms with Crippen molar-refractivity contribution in [1.29, 1.82) is 0 Å². The molecule has 1 amide bonds. The number of nitrogen functional groups attached to an aromatic ring is 1. The van der Waals surface area contributed by atoms with Gasteiger partial charge < -0.3 is 21.3 Å². The van der Waals surface area contributed by atoms with E-state index in [9.17, 15) is 4.79 Å². The van der Waals surface area contributed by atoms with Gasteiger partial charge in [0.05, 0.1) is 18.3 Å². The molecule has 0 saturated carbocycles. The summed E-state index contributed by atoms with van der Waals surface area (Å²) in [5.41, 5.74) is 7.27. The van der Waals surface area contributed by atoms with Gasteiger partial charge in [-0.1, -0.05) is 12.1 Å². The van der Waals surface area contributed by atoms with Crippen LogP contribution in [0.5, 0.6) is 0 Å². The Kier molecular flexibility index (Phi) is 4.28. The number of hydrogen-bond acceptors (Lipinski definition) is 4. The molecule has 0 saturated heterocycles. The predicted molar refractivity (Wildman–Crippen MR) is 61.0 cm³/mol. The lowest BCUT2D eigenvalue weighted by atomic mass is 10.1. The minimum absolute atomic E-state index is 0.00308. The molecular weight excluding hydrogens is 208 g/mol. The second kappa shape index (κ2) is 5.48. The van der Waals surface area contributed by atoms with Crippen LogP contribution >= 0.6 is 0 Å². The monoisotopic (exact) mass is 224 g/mol. The molecule has 1 rings (SSSR count). The Labute approximate surface area is 93.9 Å². The van der Waals surface area contributed by atoms with Crippen molar-refractivity contribution in [3.8, 4) is 0 Å². The van der Waals surface area contributed by atoms with Gasteiger partial charge in [-0.15, -0.1) is 0 Å². The lowest BCUT2D eigenvalue weighted by Crippen LogP contribution is -2.34. The Morgan fingerprint density at radius 1 is 1.56 bits per heavy atom. The average molecular weight is 224 g/mol. The number of amides is 1. The van der Waals surface area contributed by atoms with Crippen LogP contribution in [0.1, 0.15) is 15.9 Å². The summed E-state index contributed by atoms with van der Waals surface area (Å²) in [5, 5.41) is 20.2. The first-order chi connectivity index (χ1) is 7.56. The van der Waals surface area contributed by atoms with Crippen molar-refractivity contribution in [2.75, 3.05) is 18.9 Å². The third-order valence-electron chi connectivity index (χ3n) is 2.24. The van der Waals surface area contributed by atoms with Gasteiger partial charge >= 0.3 is 0 Å². The molecule has 0 fully saturated rings. The molecule has 0 aliphatic carbocycles. The minimum Gasteiger partial charge on any atom is -0.398 e. The zero-order valence-corrected chi connectivity index (χ0v) is 9.10. The molecule has 16 heavy (non-hydrogen) atoms. The molecule has 1 atom stereocenters. The molecular formula is C11H16N2O3. The average Bonchev–Trinajstić information content (AvgIpc) is 2.25. The van der Waals surface area contributed by atoms with Gasteiger partial charge in [-0.2, -0.15) is 0 Å². The van der Waals surface area contributed by atoms with E-state index in [-0.39, 0.29) is 19.1 Å². The molecule has 0 aromatic heterocycles. The van der Waals surface area contributed by atoms with Crippen molar-refractivity contribution < 1.29 is 15.0 Å². The van der Waals surface area contributed by atoms with Crippen LogP contribution in [0.25, 0.3) is 0 Å². The summed E-state index contributed by atoms with van der Waals surface area (Å²) in [6.07, 6.45) is -0.950. The molecule has 1 aromatic carbocycles. The van der Waals surface area contributed by atoms with Gasteiger partial charge in [-0.25, -0.2) is 0 Å². The van der Waals surface area contributed by atoms with Gasteiger partial charge in [-0.05, 0) is 18.6 Å². The van der Waals surface area contributed by atoms with Crippen LogP contribution in [0.3, 0.4) is 0 Å². The summed E-state index contributed by atoms with van der Waals surface area (Å²) in [7, 11) is 0. The number of hydrogen-bond donors (Lipinski definition) is 4. The summed E-state index contributed by atoms with van der Waals surface area (Å²) >= 11 is 0. The molecule has 1 unspecified atom stereocenters. The van der Waals surface area contributed by atoms with Crippen LogP contribution in [-0.4, -0.2) is 35.4 Å². The maximum absolute atomic E-state index is 11.7. The summed E-state index contributed by atoms with van der Waals surface area (Å²) in [6.45, 7) is 1.40. The van der Waals surface area contributed by atoms with Gasteiger partial charge in [0, 0.05) is 12.2 Å². The van der Waals surface area contributed by atoms with Crippen LogP contribution in [0.4, 0.5) is 5.69 Å². The predicted octanol–water partition coefficient (Wildman–Crippen LogP) is -0.340. The Balaban J connectivity index is 2.73. The summed E-state index contributed by atoms with van der Waals surface area (Å²) in [6, 6.07) is 5.20. The number of anilines is 1. The van der Waals surface area contributed by atoms with Gasteiger partial charge in [0.2, 0.25) is 0 Å². The number of aliphatic hydroxyl groups excluding tert-OH is 2. The number of aliphatic hydroxyl groups is 2. The van der Waals surface area contributed by atoms with E-state index in [2.05, 4.69) is 5.32 Å². The van der Waals surface area contributed by atoms with E-state index in [0.29, 0.717) is 11.3 Å². The smallest absolute Gasteiger partial charge is 0.253 e. The SMILES string of the molecule is Cc1cccc(N)c1C(=O)NCC(O)CO. The highest BCUT2D eigenvalue weighted by molar-refractivity contribution is 6.00. The zero-order valence-electron chi connectivity index (χ0n) is 9.10. The van der Waals surface area contributed by atoms with Crippen LogP contribution in [0.15, 0.2) is 18.2 Å². The highest BCUT2D eigenvalue weighted by Gasteiger charge is 2.13. The lowest BCUT2D eigenvalue weighted by molar-refractivity contribution is 0.0802. The molecule has 5 nitrogen and oxygen atoms in total. The molecule has 0 heterocycles. The van der Waals surface area contributed by atoms with E-state index < -0.39 is 6.10 Å². The number of rotatable bonds is 4. The first-order valence-corrected chi connectivity index (χ1v) is 4.98. The molecule has 0 aliphatic rings. The van der Waals surface area contributed by atoms with E-state index >= 15 is 0 Å². The van der Waals surface area contributed by atoms with Crippen molar-refractivity contribution in [1.82, 2.24) is 5.32 Å². The number of aryl methyl sites for hydroxylation is 1. The normalized spacial score (nSPS) is 12.2. The number of carbonyl (C=O) groups is 1. The molecule has 88 valence electrons. The van der Waals surface area contributed by atoms with E-state index in [1.54, 1.807) is 25.1 Å². The number of carbonyl (C=O) groups excluding carboxylic acids is 1. The van der Waals surface area contributed by atoms with Gasteiger partial charge in [0.15, 0.2) is 0 Å². The van der Waals surface area contributed by atoms with Crippen molar-refractivity contribution in [3.63, 3.8) is 0 Å². The number of benzene rings is 1. The second-order valence-corrected chi connectivity index (χ2v) is 3.59. The fourth-order valence-corrected chi connectivity index (χ4v) is 1.36. The zero-order chi connectivity index (χ0) is 12.1. The van der Waals surface area contributed by atoms with Gasteiger partial charge in [0.25, 0.3) is 5.91 Å². The van der Waals surface area contributed by atoms with E-state index in [0.717, 1.165) is 5.56 Å². The Bertz CT molecular complexity index is 359. The van der Waals surface area contributed by atoms with Crippen molar-refractivity contribution in [2.24, 2.45) is 0 Å². The molecule has 0 aliphatic heterocycles. The topological polar surface area (TPSA) is 95.6 Å². The lowest BCUT2D eigenvalue weighted by Gasteiger charge is -2.12. The summed E-state index contributed by atoms with van der Waals surface area (Å²) in [4.78, 5) is 11.7. The van der Waals surface area contributed by atoms with Crippen LogP contribution < -0.4 is 11.1 Å². The molecule has 0 spiro atoms. The Morgan fingerprint density at radius 3 is 2.81 bits per heavy atom. The standard InChI is InChI=1S/C11H16N2O3/c1-7-3-2-4-9(12)10(7)11(16)13-5-8(15)6-14/h2-4,8,14-15H,5-6,12H2,1H3,(H,13,16). The second-order valence-electron chi connectivity index (χ2n) is 3.59. The van der Waals surface area contributed by atoms with Crippen LogP contribution in [-0.2, 0) is 0 Å². The molecule has 5 N–H and O–H groups in total. The van der Waals surface area contributed by atoms with E-state index in [1.165, 1.54) is 0 Å². The quantitative estimate of drug-likeness (QED) is 0.526. The summed E-state index contributed by atoms with van der Waals surface area (Å²) < 4.78 is 0. The highest BCUT2D eigenvalue weighted by atomic mass is 16.3. The number of nitrogens with two attached hydrogens (primary N) is 1. The Hall–Kier alpha value is -1.59. The first-order valence-electron chi connectivity index (χ1n) is 4.98. The molecule has 0 bridgehead atoms. The minimum atomic E-state index is -0.950. The Morgan fingerprint density at radius 2 is 2.25 bits per heavy atom. The van der Waals surface area contributed by atoms with Crippen molar-refractivity contribution in [2.45, 2.75) is 13.0 Å².